The van der Waals surface area contributed by atoms with Crippen LogP contribution in [0.3, 0.4) is 0 Å². The number of fused-ring (bicyclic) bond motifs is 1. The zero-order valence-electron chi connectivity index (χ0n) is 14.9. The van der Waals surface area contributed by atoms with Crippen molar-refractivity contribution < 1.29 is 14.3 Å². The number of rotatable bonds is 3. The van der Waals surface area contributed by atoms with E-state index < -0.39 is 11.6 Å². The number of esters is 1. The molecule has 25 heavy (non-hydrogen) atoms. The summed E-state index contributed by atoms with van der Waals surface area (Å²) in [5.74, 6) is 0.318. The normalized spacial score (nSPS) is 11.4. The first-order valence-electron chi connectivity index (χ1n) is 8.15. The van der Waals surface area contributed by atoms with Gasteiger partial charge in [-0.05, 0) is 56.2 Å². The lowest BCUT2D eigenvalue weighted by Crippen LogP contribution is -2.24. The van der Waals surface area contributed by atoms with E-state index >= 15 is 0 Å². The molecule has 2 aromatic carbocycles. The molecule has 0 fully saturated rings. The van der Waals surface area contributed by atoms with Crippen LogP contribution in [0.5, 0.6) is 5.75 Å². The maximum atomic E-state index is 12.5. The highest BCUT2D eigenvalue weighted by Gasteiger charge is 2.21. The van der Waals surface area contributed by atoms with Crippen molar-refractivity contribution in [3.8, 4) is 16.9 Å². The van der Waals surface area contributed by atoms with Crippen molar-refractivity contribution >= 4 is 16.9 Å². The molecular weight excluding hydrogens is 314 g/mol. The van der Waals surface area contributed by atoms with Crippen molar-refractivity contribution in [2.24, 2.45) is 0 Å². The first-order chi connectivity index (χ1) is 11.9. The molecule has 4 heteroatoms. The third-order valence-corrected chi connectivity index (χ3v) is 3.71. The minimum absolute atomic E-state index is 0.298. The van der Waals surface area contributed by atoms with Crippen LogP contribution in [0.1, 0.15) is 31.3 Å². The summed E-state index contributed by atoms with van der Waals surface area (Å²) >= 11 is 0. The Labute approximate surface area is 147 Å². The maximum absolute atomic E-state index is 12.5. The summed E-state index contributed by atoms with van der Waals surface area (Å²) in [6.07, 6.45) is 0. The van der Waals surface area contributed by atoms with Crippen molar-refractivity contribution in [3.63, 3.8) is 0 Å². The highest BCUT2D eigenvalue weighted by molar-refractivity contribution is 6.00. The van der Waals surface area contributed by atoms with Crippen molar-refractivity contribution in [1.29, 1.82) is 0 Å². The van der Waals surface area contributed by atoms with Crippen LogP contribution in [0, 0.1) is 0 Å². The van der Waals surface area contributed by atoms with Gasteiger partial charge in [0.05, 0.1) is 12.6 Å². The second kappa shape index (κ2) is 6.55. The average Bonchev–Trinajstić information content (AvgIpc) is 2.59. The standard InChI is InChI=1S/C21H21NO3/c1-21(2,3)25-20(23)19-13-16(14-8-6-5-7-9-14)17-12-15(24-4)10-11-18(17)22-19/h5-13H,1-4H3. The molecule has 0 amide bonds. The number of carbonyl (C=O) groups excluding carboxylic acids is 1. The Kier molecular flexibility index (Phi) is 4.45. The van der Waals surface area contributed by atoms with Gasteiger partial charge in [-0.25, -0.2) is 9.78 Å². The average molecular weight is 335 g/mol. The first kappa shape index (κ1) is 17.0. The van der Waals surface area contributed by atoms with E-state index in [1.165, 1.54) is 0 Å². The Hall–Kier alpha value is -2.88. The summed E-state index contributed by atoms with van der Waals surface area (Å²) < 4.78 is 10.8. The molecule has 1 heterocycles. The maximum Gasteiger partial charge on any atom is 0.357 e. The molecule has 3 rings (SSSR count). The van der Waals surface area contributed by atoms with Crippen LogP contribution in [-0.2, 0) is 4.74 Å². The molecule has 0 atom stereocenters. The predicted molar refractivity (Wildman–Crippen MR) is 98.9 cm³/mol. The molecular formula is C21H21NO3. The minimum Gasteiger partial charge on any atom is -0.497 e. The van der Waals surface area contributed by atoms with Gasteiger partial charge >= 0.3 is 5.97 Å². The second-order valence-electron chi connectivity index (χ2n) is 6.81. The molecule has 0 saturated carbocycles. The Balaban J connectivity index is 2.20. The third kappa shape index (κ3) is 3.79. The molecule has 128 valence electrons. The van der Waals surface area contributed by atoms with Crippen molar-refractivity contribution in [2.75, 3.05) is 7.11 Å². The molecule has 3 aromatic rings. The largest absolute Gasteiger partial charge is 0.497 e. The summed E-state index contributed by atoms with van der Waals surface area (Å²) in [5.41, 5.74) is 2.38. The number of aromatic nitrogens is 1. The molecule has 0 aliphatic carbocycles. The summed E-state index contributed by atoms with van der Waals surface area (Å²) in [6.45, 7) is 5.53. The van der Waals surface area contributed by atoms with E-state index in [-0.39, 0.29) is 0 Å². The fourth-order valence-electron chi connectivity index (χ4n) is 2.62. The Bertz CT molecular complexity index is 912. The van der Waals surface area contributed by atoms with Crippen LogP contribution < -0.4 is 4.74 Å². The fraction of sp³-hybridized carbons (Fsp3) is 0.238. The van der Waals surface area contributed by atoms with Gasteiger partial charge in [0.15, 0.2) is 0 Å². The van der Waals surface area contributed by atoms with Gasteiger partial charge < -0.3 is 9.47 Å². The van der Waals surface area contributed by atoms with E-state index in [0.29, 0.717) is 5.69 Å². The third-order valence-electron chi connectivity index (χ3n) is 3.71. The second-order valence-corrected chi connectivity index (χ2v) is 6.81. The predicted octanol–water partition coefficient (Wildman–Crippen LogP) is 4.87. The molecule has 0 bridgehead atoms. The van der Waals surface area contributed by atoms with Crippen molar-refractivity contribution in [3.05, 3.63) is 60.3 Å². The lowest BCUT2D eigenvalue weighted by Gasteiger charge is -2.19. The fourth-order valence-corrected chi connectivity index (χ4v) is 2.62. The van der Waals surface area contributed by atoms with Crippen LogP contribution in [0.4, 0.5) is 0 Å². The van der Waals surface area contributed by atoms with Gasteiger partial charge in [-0.15, -0.1) is 0 Å². The lowest BCUT2D eigenvalue weighted by molar-refractivity contribution is 0.00633. The number of ether oxygens (including phenoxy) is 2. The molecule has 0 saturated heterocycles. The zero-order valence-corrected chi connectivity index (χ0v) is 14.9. The minimum atomic E-state index is -0.569. The van der Waals surface area contributed by atoms with Gasteiger partial charge in [0.2, 0.25) is 0 Å². The number of nitrogens with zero attached hydrogens (tertiary/aromatic N) is 1. The number of hydrogen-bond donors (Lipinski definition) is 0. The van der Waals surface area contributed by atoms with Crippen LogP contribution in [0.2, 0.25) is 0 Å². The number of benzene rings is 2. The number of hydrogen-bond acceptors (Lipinski definition) is 4. The number of methoxy groups -OCH3 is 1. The van der Waals surface area contributed by atoms with E-state index in [9.17, 15) is 4.79 Å². The highest BCUT2D eigenvalue weighted by atomic mass is 16.6. The van der Waals surface area contributed by atoms with Gasteiger partial charge in [0.25, 0.3) is 0 Å². The Morgan fingerprint density at radius 2 is 1.72 bits per heavy atom. The quantitative estimate of drug-likeness (QED) is 0.641. The van der Waals surface area contributed by atoms with Crippen molar-refractivity contribution in [1.82, 2.24) is 4.98 Å². The SMILES string of the molecule is COc1ccc2nc(C(=O)OC(C)(C)C)cc(-c3ccccc3)c2c1. The summed E-state index contributed by atoms with van der Waals surface area (Å²) in [5, 5.41) is 0.929. The first-order valence-corrected chi connectivity index (χ1v) is 8.15. The molecule has 1 aromatic heterocycles. The van der Waals surface area contributed by atoms with E-state index in [1.54, 1.807) is 13.2 Å². The molecule has 0 aliphatic heterocycles. The van der Waals surface area contributed by atoms with Gasteiger partial charge in [-0.1, -0.05) is 30.3 Å². The Morgan fingerprint density at radius 3 is 2.36 bits per heavy atom. The van der Waals surface area contributed by atoms with E-state index in [4.69, 9.17) is 9.47 Å². The lowest BCUT2D eigenvalue weighted by atomic mass is 10.00. The van der Waals surface area contributed by atoms with Gasteiger partial charge in [-0.3, -0.25) is 0 Å². The van der Waals surface area contributed by atoms with Gasteiger partial charge in [0.1, 0.15) is 17.0 Å². The molecule has 0 aliphatic rings. The topological polar surface area (TPSA) is 48.4 Å². The summed E-state index contributed by atoms with van der Waals surface area (Å²) in [6, 6.07) is 17.3. The molecule has 0 radical (unpaired) electrons. The number of carbonyl (C=O) groups is 1. The van der Waals surface area contributed by atoms with Gasteiger partial charge in [-0.2, -0.15) is 0 Å². The summed E-state index contributed by atoms with van der Waals surface area (Å²) in [7, 11) is 1.63. The molecule has 0 N–H and O–H groups in total. The van der Waals surface area contributed by atoms with E-state index in [0.717, 1.165) is 27.8 Å². The Morgan fingerprint density at radius 1 is 1.00 bits per heavy atom. The highest BCUT2D eigenvalue weighted by Crippen LogP contribution is 2.31. The van der Waals surface area contributed by atoms with E-state index in [2.05, 4.69) is 4.98 Å². The molecule has 4 nitrogen and oxygen atoms in total. The summed E-state index contributed by atoms with van der Waals surface area (Å²) in [4.78, 5) is 17.0. The molecule has 0 unspecified atom stereocenters. The zero-order chi connectivity index (χ0) is 18.0. The smallest absolute Gasteiger partial charge is 0.357 e. The van der Waals surface area contributed by atoms with Crippen molar-refractivity contribution in [2.45, 2.75) is 26.4 Å². The van der Waals surface area contributed by atoms with Crippen LogP contribution in [0.15, 0.2) is 54.6 Å². The van der Waals surface area contributed by atoms with Crippen LogP contribution in [-0.4, -0.2) is 23.7 Å². The van der Waals surface area contributed by atoms with Crippen LogP contribution >= 0.6 is 0 Å². The monoisotopic (exact) mass is 335 g/mol. The number of pyridine rings is 1. The van der Waals surface area contributed by atoms with Crippen LogP contribution in [0.25, 0.3) is 22.0 Å². The molecule has 0 spiro atoms. The van der Waals surface area contributed by atoms with Gasteiger partial charge in [0, 0.05) is 5.39 Å². The van der Waals surface area contributed by atoms with E-state index in [1.807, 2.05) is 69.3 Å².